The highest BCUT2D eigenvalue weighted by molar-refractivity contribution is 9.11. The van der Waals surface area contributed by atoms with Crippen molar-refractivity contribution in [3.63, 3.8) is 0 Å². The van der Waals surface area contributed by atoms with Crippen LogP contribution in [0.1, 0.15) is 13.8 Å². The fourth-order valence-corrected chi connectivity index (χ4v) is 2.33. The third-order valence-electron chi connectivity index (χ3n) is 2.52. The number of amidine groups is 1. The summed E-state index contributed by atoms with van der Waals surface area (Å²) in [5.41, 5.74) is 4.99. The molecule has 0 aliphatic rings. The van der Waals surface area contributed by atoms with Crippen LogP contribution in [-0.4, -0.2) is 17.0 Å². The minimum Gasteiger partial charge on any atom is -0.409 e. The molecule has 18 heavy (non-hydrogen) atoms. The molecule has 0 heterocycles. The number of rotatable bonds is 3. The second-order valence-electron chi connectivity index (χ2n) is 4.16. The maximum absolute atomic E-state index is 12.1. The average molecular weight is 379 g/mol. The van der Waals surface area contributed by atoms with Gasteiger partial charge in [-0.25, -0.2) is 0 Å². The minimum absolute atomic E-state index is 0.150. The summed E-state index contributed by atoms with van der Waals surface area (Å²) >= 11 is 6.68. The number of hydrogen-bond donors (Lipinski definition) is 3. The predicted molar refractivity (Wildman–Crippen MR) is 77.7 cm³/mol. The average Bonchev–Trinajstić information content (AvgIpc) is 2.32. The van der Waals surface area contributed by atoms with Gasteiger partial charge in [0.25, 0.3) is 0 Å². The van der Waals surface area contributed by atoms with Crippen molar-refractivity contribution in [3.8, 4) is 0 Å². The number of halogens is 2. The lowest BCUT2D eigenvalue weighted by molar-refractivity contribution is -0.121. The molecular formula is C11H13Br2N3O2. The van der Waals surface area contributed by atoms with Gasteiger partial charge in [-0.3, -0.25) is 4.79 Å². The van der Waals surface area contributed by atoms with Crippen molar-refractivity contribution in [1.29, 1.82) is 0 Å². The Morgan fingerprint density at radius 3 is 2.33 bits per heavy atom. The largest absolute Gasteiger partial charge is 0.409 e. The topological polar surface area (TPSA) is 87.7 Å². The van der Waals surface area contributed by atoms with Gasteiger partial charge < -0.3 is 16.3 Å². The van der Waals surface area contributed by atoms with E-state index < -0.39 is 5.41 Å². The summed E-state index contributed by atoms with van der Waals surface area (Å²) in [6.07, 6.45) is 0. The van der Waals surface area contributed by atoms with Crippen LogP contribution >= 0.6 is 31.9 Å². The Morgan fingerprint density at radius 2 is 1.89 bits per heavy atom. The van der Waals surface area contributed by atoms with Gasteiger partial charge in [-0.05, 0) is 57.8 Å². The number of nitrogens with zero attached hydrogens (tertiary/aromatic N) is 1. The zero-order valence-electron chi connectivity index (χ0n) is 9.87. The van der Waals surface area contributed by atoms with Crippen LogP contribution in [0.15, 0.2) is 32.3 Å². The zero-order chi connectivity index (χ0) is 13.9. The molecule has 1 amide bonds. The second-order valence-corrected chi connectivity index (χ2v) is 5.87. The van der Waals surface area contributed by atoms with Gasteiger partial charge in [-0.15, -0.1) is 0 Å². The molecule has 0 aliphatic heterocycles. The Kier molecular flexibility index (Phi) is 4.75. The quantitative estimate of drug-likeness (QED) is 0.327. The second kappa shape index (κ2) is 5.71. The number of nitrogens with one attached hydrogen (secondary N) is 1. The highest BCUT2D eigenvalue weighted by atomic mass is 79.9. The van der Waals surface area contributed by atoms with E-state index in [0.717, 1.165) is 8.95 Å². The number of amides is 1. The van der Waals surface area contributed by atoms with E-state index in [1.807, 2.05) is 6.07 Å². The summed E-state index contributed by atoms with van der Waals surface area (Å²) in [5, 5.41) is 14.3. The number of hydrogen-bond acceptors (Lipinski definition) is 3. The third-order valence-corrected chi connectivity index (χ3v) is 3.84. The highest BCUT2D eigenvalue weighted by Crippen LogP contribution is 2.32. The Labute approximate surface area is 122 Å². The first-order chi connectivity index (χ1) is 8.30. The molecule has 0 fully saturated rings. The van der Waals surface area contributed by atoms with Gasteiger partial charge >= 0.3 is 0 Å². The van der Waals surface area contributed by atoms with Crippen LogP contribution in [-0.2, 0) is 4.79 Å². The van der Waals surface area contributed by atoms with Gasteiger partial charge in [0, 0.05) is 8.95 Å². The van der Waals surface area contributed by atoms with Crippen molar-refractivity contribution in [2.24, 2.45) is 16.3 Å². The first-order valence-corrected chi connectivity index (χ1v) is 6.62. The van der Waals surface area contributed by atoms with Crippen LogP contribution in [0.2, 0.25) is 0 Å². The van der Waals surface area contributed by atoms with E-state index in [-0.39, 0.29) is 11.7 Å². The number of anilines is 1. The molecular weight excluding hydrogens is 366 g/mol. The van der Waals surface area contributed by atoms with E-state index in [0.29, 0.717) is 5.69 Å². The molecule has 1 aromatic carbocycles. The van der Waals surface area contributed by atoms with Gasteiger partial charge in [0.1, 0.15) is 5.41 Å². The molecule has 5 nitrogen and oxygen atoms in total. The van der Waals surface area contributed by atoms with Crippen molar-refractivity contribution in [3.05, 3.63) is 27.1 Å². The van der Waals surface area contributed by atoms with E-state index in [9.17, 15) is 4.79 Å². The monoisotopic (exact) mass is 377 g/mol. The van der Waals surface area contributed by atoms with E-state index >= 15 is 0 Å². The fraction of sp³-hybridized carbons (Fsp3) is 0.273. The Balaban J connectivity index is 3.02. The summed E-state index contributed by atoms with van der Waals surface area (Å²) < 4.78 is 1.47. The standard InChI is InChI=1S/C11H13Br2N3O2/c1-11(2,9(14)16-18)10(17)15-8-6(12)4-3-5-7(8)13/h3-5,18H,1-2H3,(H2,14,16)(H,15,17). The van der Waals surface area contributed by atoms with Crippen molar-refractivity contribution in [2.45, 2.75) is 13.8 Å². The SMILES string of the molecule is CC(C)(C(=O)Nc1c(Br)cccc1Br)/C(N)=N/O. The molecule has 1 rings (SSSR count). The van der Waals surface area contributed by atoms with Crippen LogP contribution in [0.4, 0.5) is 5.69 Å². The van der Waals surface area contributed by atoms with Gasteiger partial charge in [-0.1, -0.05) is 11.2 Å². The molecule has 0 radical (unpaired) electrons. The molecule has 98 valence electrons. The smallest absolute Gasteiger partial charge is 0.237 e. The lowest BCUT2D eigenvalue weighted by Gasteiger charge is -2.22. The van der Waals surface area contributed by atoms with Crippen molar-refractivity contribution in [2.75, 3.05) is 5.32 Å². The van der Waals surface area contributed by atoms with Crippen molar-refractivity contribution >= 4 is 49.3 Å². The van der Waals surface area contributed by atoms with Crippen LogP contribution in [0.3, 0.4) is 0 Å². The molecule has 0 saturated heterocycles. The van der Waals surface area contributed by atoms with Gasteiger partial charge in [0.2, 0.25) is 5.91 Å². The zero-order valence-corrected chi connectivity index (χ0v) is 13.0. The Hall–Kier alpha value is -1.08. The van der Waals surface area contributed by atoms with Crippen LogP contribution in [0.5, 0.6) is 0 Å². The van der Waals surface area contributed by atoms with E-state index in [4.69, 9.17) is 10.9 Å². The lowest BCUT2D eigenvalue weighted by atomic mass is 9.91. The van der Waals surface area contributed by atoms with E-state index in [2.05, 4.69) is 42.3 Å². The summed E-state index contributed by atoms with van der Waals surface area (Å²) in [4.78, 5) is 12.1. The van der Waals surface area contributed by atoms with Gasteiger partial charge in [0.15, 0.2) is 5.84 Å². The Bertz CT molecular complexity index is 481. The normalized spacial score (nSPS) is 12.3. The molecule has 1 aromatic rings. The highest BCUT2D eigenvalue weighted by Gasteiger charge is 2.33. The first-order valence-electron chi connectivity index (χ1n) is 5.04. The summed E-state index contributed by atoms with van der Waals surface area (Å²) in [5.74, 6) is -0.520. The molecule has 0 bridgehead atoms. The summed E-state index contributed by atoms with van der Waals surface area (Å²) in [7, 11) is 0. The summed E-state index contributed by atoms with van der Waals surface area (Å²) in [6, 6.07) is 5.44. The first kappa shape index (κ1) is 15.0. The third kappa shape index (κ3) is 3.02. The van der Waals surface area contributed by atoms with Crippen LogP contribution in [0.25, 0.3) is 0 Å². The van der Waals surface area contributed by atoms with Gasteiger partial charge in [-0.2, -0.15) is 0 Å². The number of carbonyl (C=O) groups excluding carboxylic acids is 1. The molecule has 0 unspecified atom stereocenters. The van der Waals surface area contributed by atoms with Crippen molar-refractivity contribution < 1.29 is 10.0 Å². The molecule has 4 N–H and O–H groups in total. The molecule has 0 aliphatic carbocycles. The van der Waals surface area contributed by atoms with Crippen molar-refractivity contribution in [1.82, 2.24) is 0 Å². The van der Waals surface area contributed by atoms with E-state index in [1.54, 1.807) is 26.0 Å². The molecule has 0 aromatic heterocycles. The maximum atomic E-state index is 12.1. The molecule has 7 heteroatoms. The molecule has 0 saturated carbocycles. The molecule has 0 atom stereocenters. The summed E-state index contributed by atoms with van der Waals surface area (Å²) in [6.45, 7) is 3.14. The number of benzene rings is 1. The maximum Gasteiger partial charge on any atom is 0.237 e. The van der Waals surface area contributed by atoms with Gasteiger partial charge in [0.05, 0.1) is 5.69 Å². The van der Waals surface area contributed by atoms with Crippen LogP contribution < -0.4 is 11.1 Å². The minimum atomic E-state index is -1.11. The number of carbonyl (C=O) groups is 1. The fourth-order valence-electron chi connectivity index (χ4n) is 1.13. The van der Waals surface area contributed by atoms with Crippen LogP contribution in [0, 0.1) is 5.41 Å². The predicted octanol–water partition coefficient (Wildman–Crippen LogP) is 2.92. The number of para-hydroxylation sites is 1. The number of oxime groups is 1. The Morgan fingerprint density at radius 1 is 1.39 bits per heavy atom. The van der Waals surface area contributed by atoms with E-state index in [1.165, 1.54) is 0 Å². The lowest BCUT2D eigenvalue weighted by Crippen LogP contribution is -2.42. The molecule has 0 spiro atoms. The number of nitrogens with two attached hydrogens (primary N) is 1.